The number of aromatic amines is 1. The predicted octanol–water partition coefficient (Wildman–Crippen LogP) is 1.70. The number of carbonyl (C=O) groups excluding carboxylic acids is 1. The van der Waals surface area contributed by atoms with Crippen molar-refractivity contribution >= 4 is 46.1 Å². The Bertz CT molecular complexity index is 1560. The van der Waals surface area contributed by atoms with E-state index in [4.69, 9.17) is 5.73 Å². The Morgan fingerprint density at radius 3 is 2.56 bits per heavy atom. The van der Waals surface area contributed by atoms with Crippen molar-refractivity contribution in [3.63, 3.8) is 0 Å². The number of nitrogens with two attached hydrogens (primary N) is 1. The smallest absolute Gasteiger partial charge is 0.423 e. The molecule has 0 spiro atoms. The number of halogens is 1. The van der Waals surface area contributed by atoms with Crippen molar-refractivity contribution in [3.8, 4) is 11.5 Å². The van der Waals surface area contributed by atoms with Crippen LogP contribution in [0.15, 0.2) is 60.7 Å². The molecule has 3 aromatic carbocycles. The van der Waals surface area contributed by atoms with E-state index in [0.29, 0.717) is 38.9 Å². The van der Waals surface area contributed by atoms with Gasteiger partial charge in [0.15, 0.2) is 5.82 Å². The number of primary amides is 1. The summed E-state index contributed by atoms with van der Waals surface area (Å²) in [4.78, 5) is 21.0. The number of nitrogens with one attached hydrogen (secondary N) is 2. The number of hydrogen-bond donors (Lipinski definition) is 5. The number of H-pyrrole nitrogens is 1. The van der Waals surface area contributed by atoms with E-state index in [0.717, 1.165) is 0 Å². The topological polar surface area (TPSA) is 150 Å². The zero-order valence-electron chi connectivity index (χ0n) is 17.7. The molecule has 34 heavy (non-hydrogen) atoms. The Morgan fingerprint density at radius 1 is 1.03 bits per heavy atom. The van der Waals surface area contributed by atoms with Gasteiger partial charge >= 0.3 is 7.12 Å². The number of benzene rings is 3. The monoisotopic (exact) mass is 456 g/mol. The summed E-state index contributed by atoms with van der Waals surface area (Å²) < 4.78 is 13.6. The van der Waals surface area contributed by atoms with E-state index in [1.807, 2.05) is 0 Å². The molecule has 0 aliphatic rings. The van der Waals surface area contributed by atoms with Crippen molar-refractivity contribution in [2.45, 2.75) is 6.54 Å². The summed E-state index contributed by atoms with van der Waals surface area (Å²) in [6, 6.07) is 16.1. The summed E-state index contributed by atoms with van der Waals surface area (Å²) >= 11 is 0. The van der Waals surface area contributed by atoms with Gasteiger partial charge in [0, 0.05) is 22.8 Å². The highest BCUT2D eigenvalue weighted by atomic mass is 19.1. The van der Waals surface area contributed by atoms with Crippen molar-refractivity contribution in [2.24, 2.45) is 5.73 Å². The molecule has 168 valence electrons. The summed E-state index contributed by atoms with van der Waals surface area (Å²) in [5.41, 5.74) is 7.72. The molecule has 0 unspecified atom stereocenters. The minimum absolute atomic E-state index is 0.191. The molecule has 5 rings (SSSR count). The Balaban J connectivity index is 1.68. The molecule has 0 atom stereocenters. The number of carbonyl (C=O) groups is 1. The molecule has 0 saturated carbocycles. The summed E-state index contributed by atoms with van der Waals surface area (Å²) in [7, 11) is -1.76. The first-order chi connectivity index (χ1) is 16.4. The number of para-hydroxylation sites is 2. The number of rotatable bonds is 6. The number of anilines is 1. The normalized spacial score (nSPS) is 11.1. The van der Waals surface area contributed by atoms with Crippen LogP contribution in [-0.2, 0) is 6.54 Å². The highest BCUT2D eigenvalue weighted by Gasteiger charge is 2.21. The van der Waals surface area contributed by atoms with Crippen LogP contribution in [0, 0.1) is 5.82 Å². The fourth-order valence-corrected chi connectivity index (χ4v) is 3.87. The van der Waals surface area contributed by atoms with Crippen LogP contribution >= 0.6 is 0 Å². The lowest BCUT2D eigenvalue weighted by molar-refractivity contribution is 0.100. The molecular formula is C23H18BFN6O3. The maximum atomic E-state index is 13.6. The summed E-state index contributed by atoms with van der Waals surface area (Å²) in [5.74, 6) is -0.356. The second kappa shape index (κ2) is 8.54. The van der Waals surface area contributed by atoms with Gasteiger partial charge in [0.2, 0.25) is 0 Å². The lowest BCUT2D eigenvalue weighted by Gasteiger charge is -2.13. The van der Waals surface area contributed by atoms with Crippen LogP contribution in [0.1, 0.15) is 15.9 Å². The van der Waals surface area contributed by atoms with Crippen molar-refractivity contribution in [1.82, 2.24) is 20.2 Å². The van der Waals surface area contributed by atoms with E-state index in [-0.39, 0.29) is 29.2 Å². The Kier molecular flexibility index (Phi) is 5.40. The third-order valence-electron chi connectivity index (χ3n) is 5.46. The van der Waals surface area contributed by atoms with Gasteiger partial charge in [-0.3, -0.25) is 9.89 Å². The fraction of sp³-hybridized carbons (Fsp3) is 0.0435. The molecule has 0 radical (unpaired) electrons. The highest BCUT2D eigenvalue weighted by molar-refractivity contribution is 6.61. The van der Waals surface area contributed by atoms with Crippen LogP contribution < -0.4 is 16.5 Å². The van der Waals surface area contributed by atoms with E-state index in [9.17, 15) is 19.2 Å². The zero-order chi connectivity index (χ0) is 23.8. The van der Waals surface area contributed by atoms with E-state index in [2.05, 4.69) is 25.5 Å². The Morgan fingerprint density at radius 2 is 1.79 bits per heavy atom. The third kappa shape index (κ3) is 3.83. The molecule has 9 nitrogen and oxygen atoms in total. The van der Waals surface area contributed by atoms with Crippen molar-refractivity contribution in [1.29, 1.82) is 0 Å². The first-order valence-corrected chi connectivity index (χ1v) is 10.3. The first-order valence-electron chi connectivity index (χ1n) is 10.3. The molecule has 1 amide bonds. The van der Waals surface area contributed by atoms with Crippen LogP contribution in [0.4, 0.5) is 10.2 Å². The zero-order valence-corrected chi connectivity index (χ0v) is 17.7. The maximum absolute atomic E-state index is 13.6. The SMILES string of the molecule is NC(=O)c1cccc2c(-c3nc(NCc4cccc(F)c4)c4cccc(B(O)O)c4n3)[nH]nc12. The molecule has 11 heteroatoms. The molecule has 2 aromatic heterocycles. The van der Waals surface area contributed by atoms with Crippen molar-refractivity contribution < 1.29 is 19.2 Å². The second-order valence-corrected chi connectivity index (χ2v) is 7.66. The quantitative estimate of drug-likeness (QED) is 0.244. The van der Waals surface area contributed by atoms with E-state index < -0.39 is 13.0 Å². The van der Waals surface area contributed by atoms with Gasteiger partial charge in [-0.25, -0.2) is 14.4 Å². The molecule has 0 saturated heterocycles. The van der Waals surface area contributed by atoms with E-state index in [1.54, 1.807) is 48.5 Å². The molecule has 0 bridgehead atoms. The summed E-state index contributed by atoms with van der Waals surface area (Å²) in [6.07, 6.45) is 0. The Hall–Kier alpha value is -4.35. The molecule has 5 aromatic rings. The summed E-state index contributed by atoms with van der Waals surface area (Å²) in [6.45, 7) is 0.269. The standard InChI is InChI=1S/C23H18BFN6O3/c25-13-5-1-4-12(10-13)11-27-22-16-8-3-9-17(24(33)34)19(16)28-23(29-22)20-14-6-2-7-15(21(26)32)18(14)30-31-20/h1-10,33-34H,11H2,(H2,26,32)(H,30,31)(H,27,28,29). The maximum Gasteiger partial charge on any atom is 0.490 e. The minimum Gasteiger partial charge on any atom is -0.423 e. The van der Waals surface area contributed by atoms with Gasteiger partial charge in [-0.05, 0) is 29.8 Å². The largest absolute Gasteiger partial charge is 0.490 e. The molecule has 0 aliphatic heterocycles. The number of aromatic nitrogens is 4. The predicted molar refractivity (Wildman–Crippen MR) is 127 cm³/mol. The van der Waals surface area contributed by atoms with Gasteiger partial charge in [-0.1, -0.05) is 36.4 Å². The highest BCUT2D eigenvalue weighted by Crippen LogP contribution is 2.29. The molecule has 0 fully saturated rings. The average Bonchev–Trinajstić information content (AvgIpc) is 3.26. The van der Waals surface area contributed by atoms with Crippen molar-refractivity contribution in [2.75, 3.05) is 5.32 Å². The summed E-state index contributed by atoms with van der Waals surface area (Å²) in [5, 5.41) is 31.2. The lowest BCUT2D eigenvalue weighted by atomic mass is 9.79. The minimum atomic E-state index is -1.76. The van der Waals surface area contributed by atoms with Gasteiger partial charge in [0.25, 0.3) is 5.91 Å². The fourth-order valence-electron chi connectivity index (χ4n) is 3.87. The van der Waals surface area contributed by atoms with Crippen molar-refractivity contribution in [3.05, 3.63) is 77.6 Å². The lowest BCUT2D eigenvalue weighted by Crippen LogP contribution is -2.31. The average molecular weight is 456 g/mol. The van der Waals surface area contributed by atoms with Crippen LogP contribution in [0.25, 0.3) is 33.3 Å². The third-order valence-corrected chi connectivity index (χ3v) is 5.46. The molecule has 0 aliphatic carbocycles. The van der Waals surface area contributed by atoms with Crippen LogP contribution in [-0.4, -0.2) is 43.2 Å². The molecule has 2 heterocycles. The van der Waals surface area contributed by atoms with Gasteiger partial charge in [0.05, 0.1) is 11.1 Å². The van der Waals surface area contributed by atoms with E-state index in [1.165, 1.54) is 12.1 Å². The number of fused-ring (bicyclic) bond motifs is 2. The van der Waals surface area contributed by atoms with Crippen LogP contribution in [0.3, 0.4) is 0 Å². The van der Waals surface area contributed by atoms with Gasteiger partial charge in [-0.2, -0.15) is 5.10 Å². The Labute approximate surface area is 192 Å². The number of nitrogens with zero attached hydrogens (tertiary/aromatic N) is 3. The van der Waals surface area contributed by atoms with Gasteiger partial charge in [-0.15, -0.1) is 0 Å². The van der Waals surface area contributed by atoms with Crippen LogP contribution in [0.2, 0.25) is 0 Å². The van der Waals surface area contributed by atoms with Gasteiger partial charge < -0.3 is 21.1 Å². The van der Waals surface area contributed by atoms with Gasteiger partial charge in [0.1, 0.15) is 22.8 Å². The van der Waals surface area contributed by atoms with Crippen LogP contribution in [0.5, 0.6) is 0 Å². The second-order valence-electron chi connectivity index (χ2n) is 7.66. The van der Waals surface area contributed by atoms with E-state index >= 15 is 0 Å². The number of hydrogen-bond acceptors (Lipinski definition) is 7. The number of amides is 1. The molecule has 6 N–H and O–H groups in total. The molecular weight excluding hydrogens is 438 g/mol. The first kappa shape index (κ1) is 21.5.